The van der Waals surface area contributed by atoms with Crippen LogP contribution in [-0.4, -0.2) is 18.4 Å². The van der Waals surface area contributed by atoms with Gasteiger partial charge in [-0.25, -0.2) is 0 Å². The summed E-state index contributed by atoms with van der Waals surface area (Å²) in [5.41, 5.74) is 7.32. The number of rotatable bonds is 7. The van der Waals surface area contributed by atoms with Crippen molar-refractivity contribution in [1.29, 1.82) is 0 Å². The zero-order valence-corrected chi connectivity index (χ0v) is 14.4. The number of carbonyl (C=O) groups excluding carboxylic acids is 2. The average molecular weight is 352 g/mol. The number of benzene rings is 2. The zero-order valence-electron chi connectivity index (χ0n) is 14.4. The third-order valence-corrected chi connectivity index (χ3v) is 4.05. The minimum absolute atomic E-state index is 0.127. The number of hydrogen-bond acceptors (Lipinski definition) is 4. The summed E-state index contributed by atoms with van der Waals surface area (Å²) in [6, 6.07) is 15.2. The van der Waals surface area contributed by atoms with E-state index >= 15 is 0 Å². The van der Waals surface area contributed by atoms with Crippen LogP contribution >= 0.6 is 0 Å². The molecule has 2 amide bonds. The fourth-order valence-electron chi connectivity index (χ4n) is 2.79. The van der Waals surface area contributed by atoms with E-state index in [-0.39, 0.29) is 12.4 Å². The molecule has 0 aliphatic rings. The van der Waals surface area contributed by atoms with Crippen molar-refractivity contribution in [1.82, 2.24) is 5.32 Å². The van der Waals surface area contributed by atoms with Crippen LogP contribution in [0.1, 0.15) is 34.6 Å². The molecule has 6 nitrogen and oxygen atoms in total. The molecule has 1 atom stereocenters. The van der Waals surface area contributed by atoms with Crippen molar-refractivity contribution in [3.8, 4) is 0 Å². The molecule has 6 heteroatoms. The third kappa shape index (κ3) is 3.60. The van der Waals surface area contributed by atoms with Gasteiger partial charge in [-0.15, -0.1) is 0 Å². The summed E-state index contributed by atoms with van der Waals surface area (Å²) in [5.74, 6) is -1.03. The second kappa shape index (κ2) is 7.84. The van der Waals surface area contributed by atoms with Crippen LogP contribution in [0, 0.1) is 0 Å². The molecular weight excluding hydrogens is 332 g/mol. The first-order valence-electron chi connectivity index (χ1n) is 8.35. The third-order valence-electron chi connectivity index (χ3n) is 4.05. The fourth-order valence-corrected chi connectivity index (χ4v) is 2.79. The Labute approximate surface area is 150 Å². The normalized spacial score (nSPS) is 12.0. The fraction of sp³-hybridized carbons (Fsp3) is 0.200. The highest BCUT2D eigenvalue weighted by atomic mass is 16.5. The molecule has 0 aliphatic carbocycles. The number of nitrogens with one attached hydrogen (secondary N) is 1. The number of hydrogen-bond donors (Lipinski definition) is 2. The summed E-state index contributed by atoms with van der Waals surface area (Å²) < 4.78 is 11.2. The van der Waals surface area contributed by atoms with E-state index in [0.717, 1.165) is 5.39 Å². The highest BCUT2D eigenvalue weighted by Gasteiger charge is 2.26. The maximum Gasteiger partial charge on any atom is 0.288 e. The predicted molar refractivity (Wildman–Crippen MR) is 97.4 cm³/mol. The number of para-hydroxylation sites is 1. The summed E-state index contributed by atoms with van der Waals surface area (Å²) in [5, 5.41) is 3.47. The summed E-state index contributed by atoms with van der Waals surface area (Å²) in [4.78, 5) is 24.7. The lowest BCUT2D eigenvalue weighted by atomic mass is 10.1. The van der Waals surface area contributed by atoms with Crippen molar-refractivity contribution in [2.75, 3.05) is 6.61 Å². The van der Waals surface area contributed by atoms with E-state index in [2.05, 4.69) is 5.32 Å². The Hall–Kier alpha value is -3.12. The number of nitrogens with two attached hydrogens (primary N) is 1. The monoisotopic (exact) mass is 352 g/mol. The molecule has 26 heavy (non-hydrogen) atoms. The lowest BCUT2D eigenvalue weighted by Gasteiger charge is -2.15. The van der Waals surface area contributed by atoms with Crippen LogP contribution in [0.5, 0.6) is 0 Å². The van der Waals surface area contributed by atoms with Gasteiger partial charge in [-0.2, -0.15) is 0 Å². The van der Waals surface area contributed by atoms with Crippen LogP contribution in [0.2, 0.25) is 0 Å². The van der Waals surface area contributed by atoms with E-state index in [1.54, 1.807) is 30.3 Å². The maximum absolute atomic E-state index is 12.8. The summed E-state index contributed by atoms with van der Waals surface area (Å²) in [6.45, 7) is 2.62. The van der Waals surface area contributed by atoms with Gasteiger partial charge in [0.05, 0.1) is 6.61 Å². The van der Waals surface area contributed by atoms with Crippen LogP contribution in [0.15, 0.2) is 59.0 Å². The molecule has 1 aromatic heterocycles. The Morgan fingerprint density at radius 2 is 1.81 bits per heavy atom. The van der Waals surface area contributed by atoms with E-state index in [4.69, 9.17) is 14.9 Å². The molecule has 0 saturated heterocycles. The van der Waals surface area contributed by atoms with Crippen LogP contribution in [0.25, 0.3) is 11.0 Å². The van der Waals surface area contributed by atoms with E-state index in [1.165, 1.54) is 0 Å². The van der Waals surface area contributed by atoms with E-state index < -0.39 is 17.9 Å². The molecule has 0 spiro atoms. The highest BCUT2D eigenvalue weighted by molar-refractivity contribution is 6.01. The number of fused-ring (bicyclic) bond motifs is 1. The van der Waals surface area contributed by atoms with E-state index in [9.17, 15) is 9.59 Å². The molecule has 3 N–H and O–H groups in total. The summed E-state index contributed by atoms with van der Waals surface area (Å²) in [7, 11) is 0. The quantitative estimate of drug-likeness (QED) is 0.683. The topological polar surface area (TPSA) is 94.6 Å². The lowest BCUT2D eigenvalue weighted by molar-refractivity contribution is -0.120. The van der Waals surface area contributed by atoms with Crippen molar-refractivity contribution in [3.05, 3.63) is 71.5 Å². The number of primary amides is 1. The molecule has 0 saturated carbocycles. The average Bonchev–Trinajstić information content (AvgIpc) is 3.03. The standard InChI is InChI=1S/C20H20N2O4/c1-2-25-12-15-14-10-6-7-11-16(14)26-18(15)20(24)22-17(19(21)23)13-8-4-3-5-9-13/h3-11,17H,2,12H2,1H3,(H2,21,23)(H,22,24). The molecule has 2 aromatic carbocycles. The second-order valence-corrected chi connectivity index (χ2v) is 5.76. The van der Waals surface area contributed by atoms with E-state index in [0.29, 0.717) is 23.3 Å². The summed E-state index contributed by atoms with van der Waals surface area (Å²) >= 11 is 0. The van der Waals surface area contributed by atoms with Gasteiger partial charge in [-0.1, -0.05) is 48.5 Å². The van der Waals surface area contributed by atoms with Crippen LogP contribution in [0.4, 0.5) is 0 Å². The SMILES string of the molecule is CCOCc1c(C(=O)NC(C(N)=O)c2ccccc2)oc2ccccc12. The van der Waals surface area contributed by atoms with Crippen molar-refractivity contribution >= 4 is 22.8 Å². The molecule has 3 rings (SSSR count). The molecule has 1 unspecified atom stereocenters. The zero-order chi connectivity index (χ0) is 18.5. The van der Waals surface area contributed by atoms with Gasteiger partial charge in [0.25, 0.3) is 5.91 Å². The molecule has 0 bridgehead atoms. The van der Waals surface area contributed by atoms with Crippen LogP contribution in [-0.2, 0) is 16.1 Å². The van der Waals surface area contributed by atoms with Gasteiger partial charge in [-0.05, 0) is 18.6 Å². The molecule has 0 aliphatic heterocycles. The lowest BCUT2D eigenvalue weighted by Crippen LogP contribution is -2.37. The Kier molecular flexibility index (Phi) is 5.34. The van der Waals surface area contributed by atoms with Gasteiger partial charge >= 0.3 is 0 Å². The smallest absolute Gasteiger partial charge is 0.288 e. The van der Waals surface area contributed by atoms with Crippen molar-refractivity contribution in [2.45, 2.75) is 19.6 Å². The predicted octanol–water partition coefficient (Wildman–Crippen LogP) is 2.93. The van der Waals surface area contributed by atoms with Gasteiger partial charge in [0.15, 0.2) is 5.76 Å². The summed E-state index contributed by atoms with van der Waals surface area (Å²) in [6.07, 6.45) is 0. The van der Waals surface area contributed by atoms with Crippen molar-refractivity contribution < 1.29 is 18.7 Å². The number of ether oxygens (including phenoxy) is 1. The number of carbonyl (C=O) groups is 2. The maximum atomic E-state index is 12.8. The molecule has 134 valence electrons. The first kappa shape index (κ1) is 17.7. The van der Waals surface area contributed by atoms with Crippen molar-refractivity contribution in [2.24, 2.45) is 5.73 Å². The minimum atomic E-state index is -0.947. The number of furan rings is 1. The largest absolute Gasteiger partial charge is 0.451 e. The highest BCUT2D eigenvalue weighted by Crippen LogP contribution is 2.27. The van der Waals surface area contributed by atoms with Crippen LogP contribution in [0.3, 0.4) is 0 Å². The molecule has 0 fully saturated rings. The Morgan fingerprint density at radius 3 is 2.50 bits per heavy atom. The van der Waals surface area contributed by atoms with Gasteiger partial charge < -0.3 is 20.2 Å². The molecule has 3 aromatic rings. The van der Waals surface area contributed by atoms with Gasteiger partial charge in [0.1, 0.15) is 11.6 Å². The van der Waals surface area contributed by atoms with E-state index in [1.807, 2.05) is 31.2 Å². The van der Waals surface area contributed by atoms with Crippen LogP contribution < -0.4 is 11.1 Å². The molecule has 1 heterocycles. The Balaban J connectivity index is 1.94. The van der Waals surface area contributed by atoms with Gasteiger partial charge in [0.2, 0.25) is 5.91 Å². The first-order chi connectivity index (χ1) is 12.6. The van der Waals surface area contributed by atoms with Crippen molar-refractivity contribution in [3.63, 3.8) is 0 Å². The first-order valence-corrected chi connectivity index (χ1v) is 8.35. The Morgan fingerprint density at radius 1 is 1.12 bits per heavy atom. The molecule has 0 radical (unpaired) electrons. The minimum Gasteiger partial charge on any atom is -0.451 e. The molecular formula is C20H20N2O4. The van der Waals surface area contributed by atoms with Gasteiger partial charge in [0, 0.05) is 17.6 Å². The second-order valence-electron chi connectivity index (χ2n) is 5.76. The van der Waals surface area contributed by atoms with Gasteiger partial charge in [-0.3, -0.25) is 9.59 Å². The number of amides is 2. The Bertz CT molecular complexity index is 918.